The fourth-order valence-corrected chi connectivity index (χ4v) is 4.80. The molecular formula is C16H17N3O2S2. The van der Waals surface area contributed by atoms with Crippen molar-refractivity contribution >= 4 is 32.4 Å². The Kier molecular flexibility index (Phi) is 3.51. The number of fused-ring (bicyclic) bond motifs is 1. The van der Waals surface area contributed by atoms with Gasteiger partial charge in [-0.3, -0.25) is 0 Å². The highest BCUT2D eigenvalue weighted by Crippen LogP contribution is 2.40. The number of hydrogen-bond donors (Lipinski definition) is 1. The average molecular weight is 347 g/mol. The summed E-state index contributed by atoms with van der Waals surface area (Å²) in [6, 6.07) is 9.29. The van der Waals surface area contributed by atoms with E-state index in [4.69, 9.17) is 4.98 Å². The van der Waals surface area contributed by atoms with Gasteiger partial charge in [0, 0.05) is 19.5 Å². The molecule has 7 heteroatoms. The second kappa shape index (κ2) is 5.43. The van der Waals surface area contributed by atoms with Gasteiger partial charge in [0.1, 0.15) is 10.0 Å². The van der Waals surface area contributed by atoms with Crippen LogP contribution in [-0.4, -0.2) is 18.0 Å². The van der Waals surface area contributed by atoms with E-state index in [0.29, 0.717) is 10.1 Å². The first-order chi connectivity index (χ1) is 11.0. The predicted octanol–water partition coefficient (Wildman–Crippen LogP) is 2.99. The Morgan fingerprint density at radius 3 is 2.87 bits per heavy atom. The van der Waals surface area contributed by atoms with Gasteiger partial charge in [-0.25, -0.2) is 18.1 Å². The SMILES string of the molecule is Cn1c(C2CC2)nc2cc(CNS(=O)(=O)c3cccs3)ccc21. The molecule has 120 valence electrons. The molecule has 2 aromatic heterocycles. The summed E-state index contributed by atoms with van der Waals surface area (Å²) in [6.07, 6.45) is 2.43. The molecule has 1 N–H and O–H groups in total. The van der Waals surface area contributed by atoms with Crippen molar-refractivity contribution in [1.29, 1.82) is 0 Å². The van der Waals surface area contributed by atoms with Gasteiger partial charge >= 0.3 is 0 Å². The highest BCUT2D eigenvalue weighted by molar-refractivity contribution is 7.91. The van der Waals surface area contributed by atoms with Gasteiger partial charge in [0.2, 0.25) is 10.0 Å². The van der Waals surface area contributed by atoms with Gasteiger partial charge in [0.25, 0.3) is 0 Å². The minimum Gasteiger partial charge on any atom is -0.331 e. The molecule has 0 amide bonds. The van der Waals surface area contributed by atoms with E-state index in [9.17, 15) is 8.42 Å². The summed E-state index contributed by atoms with van der Waals surface area (Å²) in [7, 11) is -1.39. The molecule has 1 saturated carbocycles. The van der Waals surface area contributed by atoms with Gasteiger partial charge in [-0.05, 0) is 42.0 Å². The average Bonchev–Trinajstić information content (AvgIpc) is 3.10. The van der Waals surface area contributed by atoms with Crippen molar-refractivity contribution < 1.29 is 8.42 Å². The maximum atomic E-state index is 12.2. The van der Waals surface area contributed by atoms with E-state index in [2.05, 4.69) is 9.29 Å². The van der Waals surface area contributed by atoms with Gasteiger partial charge in [-0.2, -0.15) is 0 Å². The monoisotopic (exact) mass is 347 g/mol. The highest BCUT2D eigenvalue weighted by Gasteiger charge is 2.28. The van der Waals surface area contributed by atoms with Crippen molar-refractivity contribution in [2.75, 3.05) is 0 Å². The lowest BCUT2D eigenvalue weighted by molar-refractivity contribution is 0.583. The molecule has 0 saturated heterocycles. The first kappa shape index (κ1) is 14.9. The molecule has 3 aromatic rings. The maximum Gasteiger partial charge on any atom is 0.250 e. The molecule has 0 aliphatic heterocycles. The van der Waals surface area contributed by atoms with E-state index < -0.39 is 10.0 Å². The van der Waals surface area contributed by atoms with Crippen LogP contribution in [-0.2, 0) is 23.6 Å². The van der Waals surface area contributed by atoms with E-state index in [0.717, 1.165) is 22.4 Å². The molecule has 4 rings (SSSR count). The number of nitrogens with zero attached hydrogens (tertiary/aromatic N) is 2. The van der Waals surface area contributed by atoms with Crippen LogP contribution >= 0.6 is 11.3 Å². The van der Waals surface area contributed by atoms with Gasteiger partial charge in [0.15, 0.2) is 0 Å². The van der Waals surface area contributed by atoms with Crippen molar-refractivity contribution in [2.45, 2.75) is 29.5 Å². The lowest BCUT2D eigenvalue weighted by Gasteiger charge is -2.05. The lowest BCUT2D eigenvalue weighted by atomic mass is 10.2. The second-order valence-electron chi connectivity index (χ2n) is 5.88. The van der Waals surface area contributed by atoms with Crippen LogP contribution in [0.25, 0.3) is 11.0 Å². The zero-order chi connectivity index (χ0) is 16.0. The number of aryl methyl sites for hydroxylation is 1. The predicted molar refractivity (Wildman–Crippen MR) is 91.0 cm³/mol. The third-order valence-corrected chi connectivity index (χ3v) is 6.95. The minimum atomic E-state index is -3.43. The third-order valence-electron chi connectivity index (χ3n) is 4.15. The summed E-state index contributed by atoms with van der Waals surface area (Å²) >= 11 is 1.22. The Labute approximate surface area is 139 Å². The van der Waals surface area contributed by atoms with E-state index in [1.807, 2.05) is 25.2 Å². The topological polar surface area (TPSA) is 64.0 Å². The van der Waals surface area contributed by atoms with Crippen LogP contribution < -0.4 is 4.72 Å². The van der Waals surface area contributed by atoms with Gasteiger partial charge in [0.05, 0.1) is 11.0 Å². The van der Waals surface area contributed by atoms with Crippen molar-refractivity contribution in [3.8, 4) is 0 Å². The van der Waals surface area contributed by atoms with Gasteiger partial charge in [-0.15, -0.1) is 11.3 Å². The van der Waals surface area contributed by atoms with Crippen LogP contribution in [0.3, 0.4) is 0 Å². The summed E-state index contributed by atoms with van der Waals surface area (Å²) in [5, 5.41) is 1.76. The molecule has 1 aliphatic carbocycles. The summed E-state index contributed by atoms with van der Waals surface area (Å²) in [5.74, 6) is 1.73. The number of aromatic nitrogens is 2. The Morgan fingerprint density at radius 1 is 1.35 bits per heavy atom. The fraction of sp³-hybridized carbons (Fsp3) is 0.312. The number of sulfonamides is 1. The van der Waals surface area contributed by atoms with E-state index in [-0.39, 0.29) is 6.54 Å². The quantitative estimate of drug-likeness (QED) is 0.772. The van der Waals surface area contributed by atoms with Crippen LogP contribution in [0.4, 0.5) is 0 Å². The first-order valence-electron chi connectivity index (χ1n) is 7.53. The van der Waals surface area contributed by atoms with Crippen LogP contribution in [0.2, 0.25) is 0 Å². The summed E-state index contributed by atoms with van der Waals surface area (Å²) in [6.45, 7) is 0.269. The third kappa shape index (κ3) is 2.80. The summed E-state index contributed by atoms with van der Waals surface area (Å²) < 4.78 is 29.5. The molecule has 0 unspecified atom stereocenters. The lowest BCUT2D eigenvalue weighted by Crippen LogP contribution is -2.22. The van der Waals surface area contributed by atoms with Crippen LogP contribution in [0.15, 0.2) is 39.9 Å². The van der Waals surface area contributed by atoms with Crippen molar-refractivity contribution in [1.82, 2.24) is 14.3 Å². The molecule has 2 heterocycles. The van der Waals surface area contributed by atoms with Crippen LogP contribution in [0.1, 0.15) is 30.1 Å². The first-order valence-corrected chi connectivity index (χ1v) is 9.89. The fourth-order valence-electron chi connectivity index (χ4n) is 2.75. The largest absolute Gasteiger partial charge is 0.331 e. The Morgan fingerprint density at radius 2 is 2.17 bits per heavy atom. The molecule has 0 radical (unpaired) electrons. The number of hydrogen-bond acceptors (Lipinski definition) is 4. The van der Waals surface area contributed by atoms with Crippen molar-refractivity contribution in [3.05, 3.63) is 47.1 Å². The van der Waals surface area contributed by atoms with E-state index >= 15 is 0 Å². The summed E-state index contributed by atoms with van der Waals surface area (Å²) in [5.41, 5.74) is 2.94. The van der Waals surface area contributed by atoms with Crippen molar-refractivity contribution in [3.63, 3.8) is 0 Å². The van der Waals surface area contributed by atoms with E-state index in [1.165, 1.54) is 24.2 Å². The number of thiophene rings is 1. The Balaban J connectivity index is 1.58. The summed E-state index contributed by atoms with van der Waals surface area (Å²) in [4.78, 5) is 4.72. The molecular weight excluding hydrogens is 330 g/mol. The molecule has 23 heavy (non-hydrogen) atoms. The standard InChI is InChI=1S/C16H17N3O2S2/c1-19-14-7-4-11(9-13(14)18-16(19)12-5-6-12)10-17-23(20,21)15-3-2-8-22-15/h2-4,7-9,12,17H,5-6,10H2,1H3. The number of imidazole rings is 1. The Bertz CT molecular complexity index is 955. The number of nitrogens with one attached hydrogen (secondary N) is 1. The molecule has 1 aromatic carbocycles. The normalized spacial score (nSPS) is 15.3. The second-order valence-corrected chi connectivity index (χ2v) is 8.82. The molecule has 0 bridgehead atoms. The zero-order valence-corrected chi connectivity index (χ0v) is 14.3. The smallest absolute Gasteiger partial charge is 0.250 e. The van der Waals surface area contributed by atoms with Crippen molar-refractivity contribution in [2.24, 2.45) is 7.05 Å². The molecule has 0 spiro atoms. The highest BCUT2D eigenvalue weighted by atomic mass is 32.2. The molecule has 1 aliphatic rings. The van der Waals surface area contributed by atoms with E-state index in [1.54, 1.807) is 17.5 Å². The number of rotatable bonds is 5. The van der Waals surface area contributed by atoms with Gasteiger partial charge < -0.3 is 4.57 Å². The molecule has 5 nitrogen and oxygen atoms in total. The molecule has 1 fully saturated rings. The number of benzene rings is 1. The maximum absolute atomic E-state index is 12.2. The zero-order valence-electron chi connectivity index (χ0n) is 12.7. The molecule has 0 atom stereocenters. The van der Waals surface area contributed by atoms with Crippen LogP contribution in [0.5, 0.6) is 0 Å². The van der Waals surface area contributed by atoms with Crippen LogP contribution in [0, 0.1) is 0 Å². The van der Waals surface area contributed by atoms with Gasteiger partial charge in [-0.1, -0.05) is 12.1 Å². The minimum absolute atomic E-state index is 0.269. The Hall–Kier alpha value is -1.70.